The van der Waals surface area contributed by atoms with Crippen LogP contribution in [-0.4, -0.2) is 66.2 Å². The highest BCUT2D eigenvalue weighted by Crippen LogP contribution is 2.19. The van der Waals surface area contributed by atoms with Crippen molar-refractivity contribution in [1.82, 2.24) is 9.80 Å². The van der Waals surface area contributed by atoms with Gasteiger partial charge in [-0.3, -0.25) is 4.79 Å². The summed E-state index contributed by atoms with van der Waals surface area (Å²) in [5, 5.41) is 8.61. The van der Waals surface area contributed by atoms with E-state index in [2.05, 4.69) is 0 Å². The van der Waals surface area contributed by atoms with Gasteiger partial charge in [0.25, 0.3) is 0 Å². The van der Waals surface area contributed by atoms with Gasteiger partial charge in [0.05, 0.1) is 13.5 Å². The third-order valence-corrected chi connectivity index (χ3v) is 3.21. The van der Waals surface area contributed by atoms with Crippen LogP contribution in [0.25, 0.3) is 0 Å². The lowest BCUT2D eigenvalue weighted by Crippen LogP contribution is -2.52. The molecule has 19 heavy (non-hydrogen) atoms. The molecule has 0 aromatic carbocycles. The Hall–Kier alpha value is -1.79. The molecular formula is C12H20N2O5. The number of nitrogens with zero attached hydrogens (tertiary/aromatic N) is 2. The van der Waals surface area contributed by atoms with Crippen molar-refractivity contribution in [2.75, 3.05) is 27.2 Å². The number of likely N-dealkylation sites (tertiary alicyclic amines) is 1. The fraction of sp³-hybridized carbons (Fsp3) is 0.750. The van der Waals surface area contributed by atoms with Gasteiger partial charge in [-0.25, -0.2) is 9.59 Å². The van der Waals surface area contributed by atoms with Crippen molar-refractivity contribution >= 4 is 18.0 Å². The molecule has 7 nitrogen and oxygen atoms in total. The van der Waals surface area contributed by atoms with Gasteiger partial charge in [0.15, 0.2) is 0 Å². The predicted octanol–water partition coefficient (Wildman–Crippen LogP) is 0.540. The highest BCUT2D eigenvalue weighted by molar-refractivity contribution is 5.84. The van der Waals surface area contributed by atoms with Gasteiger partial charge in [-0.2, -0.15) is 0 Å². The van der Waals surface area contributed by atoms with Crippen LogP contribution in [0, 0.1) is 0 Å². The lowest BCUT2D eigenvalue weighted by Gasteiger charge is -2.36. The maximum atomic E-state index is 12.2. The summed E-state index contributed by atoms with van der Waals surface area (Å²) >= 11 is 0. The summed E-state index contributed by atoms with van der Waals surface area (Å²) in [6.45, 7) is 0.620. The average molecular weight is 272 g/mol. The molecule has 0 radical (unpaired) electrons. The third kappa shape index (κ3) is 4.11. The highest BCUT2D eigenvalue weighted by Gasteiger charge is 2.34. The van der Waals surface area contributed by atoms with Crippen molar-refractivity contribution in [3.63, 3.8) is 0 Å². The molecule has 2 amide bonds. The number of amides is 2. The van der Waals surface area contributed by atoms with E-state index in [0.717, 1.165) is 12.8 Å². The molecule has 1 saturated heterocycles. The first-order valence-electron chi connectivity index (χ1n) is 6.28. The smallest absolute Gasteiger partial charge is 0.328 e. The molecule has 0 aromatic heterocycles. The predicted molar refractivity (Wildman–Crippen MR) is 66.6 cm³/mol. The van der Waals surface area contributed by atoms with Crippen LogP contribution in [0.2, 0.25) is 0 Å². The molecule has 1 atom stereocenters. The zero-order chi connectivity index (χ0) is 14.4. The third-order valence-electron chi connectivity index (χ3n) is 3.21. The Morgan fingerprint density at radius 3 is 2.63 bits per heavy atom. The molecule has 0 aliphatic carbocycles. The Morgan fingerprint density at radius 2 is 2.05 bits per heavy atom. The number of methoxy groups -OCH3 is 1. The summed E-state index contributed by atoms with van der Waals surface area (Å²) in [7, 11) is 2.84. The molecule has 0 aromatic rings. The normalized spacial score (nSPS) is 18.8. The molecule has 108 valence electrons. The van der Waals surface area contributed by atoms with Crippen LogP contribution in [0.3, 0.4) is 0 Å². The van der Waals surface area contributed by atoms with Crippen LogP contribution < -0.4 is 0 Å². The molecule has 0 saturated carbocycles. The molecule has 7 heteroatoms. The summed E-state index contributed by atoms with van der Waals surface area (Å²) in [6.07, 6.45) is 2.19. The number of carboxylic acid groups (broad SMARTS) is 1. The number of aliphatic carboxylic acids is 1. The molecule has 0 spiro atoms. The second-order valence-corrected chi connectivity index (χ2v) is 4.58. The topological polar surface area (TPSA) is 87.2 Å². The molecule has 0 bridgehead atoms. The lowest BCUT2D eigenvalue weighted by molar-refractivity contribution is -0.147. The molecule has 1 unspecified atom stereocenters. The summed E-state index contributed by atoms with van der Waals surface area (Å²) in [5.41, 5.74) is 0. The van der Waals surface area contributed by atoms with Crippen molar-refractivity contribution in [3.05, 3.63) is 0 Å². The zero-order valence-electron chi connectivity index (χ0n) is 11.3. The number of rotatable bonds is 4. The van der Waals surface area contributed by atoms with Gasteiger partial charge in [0.1, 0.15) is 6.04 Å². The Kier molecular flexibility index (Phi) is 5.59. The number of ether oxygens (including phenoxy) is 1. The maximum absolute atomic E-state index is 12.2. The molecular weight excluding hydrogens is 252 g/mol. The van der Waals surface area contributed by atoms with Gasteiger partial charge in [-0.1, -0.05) is 0 Å². The Morgan fingerprint density at radius 1 is 1.37 bits per heavy atom. The van der Waals surface area contributed by atoms with E-state index in [0.29, 0.717) is 13.0 Å². The molecule has 1 fully saturated rings. The summed E-state index contributed by atoms with van der Waals surface area (Å²) in [5.74, 6) is -1.37. The first kappa shape index (κ1) is 15.3. The first-order chi connectivity index (χ1) is 8.97. The van der Waals surface area contributed by atoms with Gasteiger partial charge < -0.3 is 19.6 Å². The SMILES string of the molecule is COC(=O)C1CCCCN1C(=O)N(C)CCC(=O)O. The van der Waals surface area contributed by atoms with Crippen LogP contribution in [0.1, 0.15) is 25.7 Å². The van der Waals surface area contributed by atoms with E-state index in [4.69, 9.17) is 9.84 Å². The number of carbonyl (C=O) groups excluding carboxylic acids is 2. The van der Waals surface area contributed by atoms with Crippen molar-refractivity contribution in [2.45, 2.75) is 31.7 Å². The highest BCUT2D eigenvalue weighted by atomic mass is 16.5. The van der Waals surface area contributed by atoms with E-state index >= 15 is 0 Å². The summed E-state index contributed by atoms with van der Waals surface area (Å²) in [6, 6.07) is -0.880. The molecule has 1 N–H and O–H groups in total. The van der Waals surface area contributed by atoms with Gasteiger partial charge in [0.2, 0.25) is 0 Å². The minimum Gasteiger partial charge on any atom is -0.481 e. The zero-order valence-corrected chi connectivity index (χ0v) is 11.3. The number of urea groups is 1. The number of hydrogen-bond acceptors (Lipinski definition) is 4. The number of hydrogen-bond donors (Lipinski definition) is 1. The van der Waals surface area contributed by atoms with E-state index in [1.54, 1.807) is 0 Å². The lowest BCUT2D eigenvalue weighted by atomic mass is 10.0. The Bertz CT molecular complexity index is 358. The van der Waals surface area contributed by atoms with Crippen LogP contribution in [0.4, 0.5) is 4.79 Å². The van der Waals surface area contributed by atoms with E-state index in [1.165, 1.54) is 24.0 Å². The molecule has 1 rings (SSSR count). The molecule has 1 aliphatic heterocycles. The average Bonchev–Trinajstić information content (AvgIpc) is 2.42. The summed E-state index contributed by atoms with van der Waals surface area (Å²) < 4.78 is 4.70. The van der Waals surface area contributed by atoms with E-state index in [1.807, 2.05) is 0 Å². The standard InChI is InChI=1S/C12H20N2O5/c1-13(8-6-10(15)16)12(18)14-7-4-3-5-9(14)11(17)19-2/h9H,3-8H2,1-2H3,(H,15,16). The van der Waals surface area contributed by atoms with Crippen LogP contribution in [0.15, 0.2) is 0 Å². The minimum absolute atomic E-state index is 0.112. The minimum atomic E-state index is -0.956. The van der Waals surface area contributed by atoms with Gasteiger partial charge in [-0.05, 0) is 19.3 Å². The quantitative estimate of drug-likeness (QED) is 0.755. The van der Waals surface area contributed by atoms with Crippen LogP contribution in [0.5, 0.6) is 0 Å². The Balaban J connectivity index is 2.65. The van der Waals surface area contributed by atoms with Crippen molar-refractivity contribution in [1.29, 1.82) is 0 Å². The first-order valence-corrected chi connectivity index (χ1v) is 6.28. The van der Waals surface area contributed by atoms with E-state index < -0.39 is 18.0 Å². The van der Waals surface area contributed by atoms with E-state index in [-0.39, 0.29) is 19.0 Å². The maximum Gasteiger partial charge on any atom is 0.328 e. The van der Waals surface area contributed by atoms with E-state index in [9.17, 15) is 14.4 Å². The molecule has 1 aliphatic rings. The fourth-order valence-electron chi connectivity index (χ4n) is 2.12. The fourth-order valence-corrected chi connectivity index (χ4v) is 2.12. The van der Waals surface area contributed by atoms with Crippen molar-refractivity contribution in [3.8, 4) is 0 Å². The van der Waals surface area contributed by atoms with Crippen LogP contribution >= 0.6 is 0 Å². The Labute approximate surface area is 112 Å². The van der Waals surface area contributed by atoms with Gasteiger partial charge in [-0.15, -0.1) is 0 Å². The number of esters is 1. The van der Waals surface area contributed by atoms with Crippen LogP contribution in [-0.2, 0) is 14.3 Å². The second kappa shape index (κ2) is 6.96. The molecule has 1 heterocycles. The summed E-state index contributed by atoms with van der Waals surface area (Å²) in [4.78, 5) is 37.1. The van der Waals surface area contributed by atoms with Gasteiger partial charge in [0, 0.05) is 20.1 Å². The number of carbonyl (C=O) groups is 3. The number of piperidine rings is 1. The monoisotopic (exact) mass is 272 g/mol. The second-order valence-electron chi connectivity index (χ2n) is 4.58. The van der Waals surface area contributed by atoms with Crippen molar-refractivity contribution < 1.29 is 24.2 Å². The number of carboxylic acids is 1. The van der Waals surface area contributed by atoms with Gasteiger partial charge >= 0.3 is 18.0 Å². The van der Waals surface area contributed by atoms with Crippen molar-refractivity contribution in [2.24, 2.45) is 0 Å². The largest absolute Gasteiger partial charge is 0.481 e.